The molecule has 0 spiro atoms. The van der Waals surface area contributed by atoms with Gasteiger partial charge in [-0.05, 0) is 67.9 Å². The van der Waals surface area contributed by atoms with Crippen molar-refractivity contribution in [3.05, 3.63) is 65.4 Å². The molecule has 3 N–H and O–H groups in total. The largest absolute Gasteiger partial charge is 0.384 e. The monoisotopic (exact) mass is 535 g/mol. The van der Waals surface area contributed by atoms with Crippen LogP contribution in [0.15, 0.2) is 53.7 Å². The number of aromatic nitrogens is 2. The summed E-state index contributed by atoms with van der Waals surface area (Å²) in [5.41, 5.74) is 9.45. The molecule has 0 bridgehead atoms. The lowest BCUT2D eigenvalue weighted by Crippen LogP contribution is -2.41. The number of rotatable bonds is 5. The Kier molecular flexibility index (Phi) is 7.03. The van der Waals surface area contributed by atoms with Gasteiger partial charge in [-0.2, -0.15) is 8.42 Å². The first-order chi connectivity index (χ1) is 17.6. The van der Waals surface area contributed by atoms with Gasteiger partial charge < -0.3 is 10.6 Å². The summed E-state index contributed by atoms with van der Waals surface area (Å²) in [6, 6.07) is 12.3. The van der Waals surface area contributed by atoms with Crippen LogP contribution >= 0.6 is 0 Å². The molecule has 1 unspecified atom stereocenters. The van der Waals surface area contributed by atoms with Crippen molar-refractivity contribution in [3.63, 3.8) is 0 Å². The lowest BCUT2D eigenvalue weighted by atomic mass is 9.84. The number of hydrogen-bond acceptors (Lipinski definition) is 7. The van der Waals surface area contributed by atoms with Gasteiger partial charge in [-0.3, -0.25) is 4.79 Å². The Labute approximate surface area is 225 Å². The van der Waals surface area contributed by atoms with Crippen molar-refractivity contribution in [2.75, 3.05) is 17.2 Å². The Morgan fingerprint density at radius 3 is 2.45 bits per heavy atom. The van der Waals surface area contributed by atoms with Gasteiger partial charge >= 0.3 is 0 Å². The number of benzene rings is 1. The number of carbonyl (C=O) groups excluding carboxylic acids is 1. The summed E-state index contributed by atoms with van der Waals surface area (Å²) >= 11 is 0. The maximum absolute atomic E-state index is 13.6. The molecule has 1 amide bonds. The van der Waals surface area contributed by atoms with Gasteiger partial charge in [0.05, 0.1) is 5.56 Å². The van der Waals surface area contributed by atoms with E-state index >= 15 is 0 Å². The van der Waals surface area contributed by atoms with Crippen LogP contribution in [0.2, 0.25) is 0 Å². The van der Waals surface area contributed by atoms with Crippen LogP contribution in [0.4, 0.5) is 11.6 Å². The van der Waals surface area contributed by atoms with Crippen molar-refractivity contribution in [1.82, 2.24) is 14.7 Å². The maximum atomic E-state index is 13.6. The number of nitrogens with two attached hydrogens (primary N) is 1. The van der Waals surface area contributed by atoms with Gasteiger partial charge in [-0.15, -0.1) is 0 Å². The first-order valence-corrected chi connectivity index (χ1v) is 14.2. The summed E-state index contributed by atoms with van der Waals surface area (Å²) in [7, 11) is -4.26. The van der Waals surface area contributed by atoms with Gasteiger partial charge in [0.2, 0.25) is 0 Å². The fourth-order valence-corrected chi connectivity index (χ4v) is 6.09. The lowest BCUT2D eigenvalue weighted by Gasteiger charge is -2.34. The summed E-state index contributed by atoms with van der Waals surface area (Å²) in [6.45, 7) is 15.6. The summed E-state index contributed by atoms with van der Waals surface area (Å²) in [4.78, 5) is 24.4. The number of sulfonamides is 1. The molecule has 0 aliphatic carbocycles. The molecule has 8 nitrogen and oxygen atoms in total. The van der Waals surface area contributed by atoms with Gasteiger partial charge in [-0.25, -0.2) is 14.7 Å². The third-order valence-electron chi connectivity index (χ3n) is 6.96. The zero-order chi connectivity index (χ0) is 28.0. The molecule has 3 heterocycles. The lowest BCUT2D eigenvalue weighted by molar-refractivity contribution is 0.0981. The summed E-state index contributed by atoms with van der Waals surface area (Å²) in [5.74, 6) is 0.137. The van der Waals surface area contributed by atoms with E-state index in [2.05, 4.69) is 68.3 Å². The van der Waals surface area contributed by atoms with E-state index in [-0.39, 0.29) is 27.4 Å². The molecular weight excluding hydrogens is 498 g/mol. The number of hydrogen-bond donors (Lipinski definition) is 2. The summed E-state index contributed by atoms with van der Waals surface area (Å²) < 4.78 is 28.3. The smallest absolute Gasteiger partial charge is 0.281 e. The zero-order valence-electron chi connectivity index (χ0n) is 23.2. The number of pyridine rings is 2. The van der Waals surface area contributed by atoms with E-state index in [1.54, 1.807) is 12.3 Å². The van der Waals surface area contributed by atoms with E-state index in [1.807, 2.05) is 13.0 Å². The third-order valence-corrected chi connectivity index (χ3v) is 8.20. The van der Waals surface area contributed by atoms with Crippen LogP contribution in [-0.4, -0.2) is 36.4 Å². The number of anilines is 2. The van der Waals surface area contributed by atoms with Crippen molar-refractivity contribution in [2.45, 2.75) is 70.9 Å². The molecule has 38 heavy (non-hydrogen) atoms. The van der Waals surface area contributed by atoms with E-state index in [9.17, 15) is 13.2 Å². The van der Waals surface area contributed by atoms with Crippen LogP contribution < -0.4 is 15.4 Å². The van der Waals surface area contributed by atoms with Crippen LogP contribution in [0.25, 0.3) is 11.1 Å². The van der Waals surface area contributed by atoms with Gasteiger partial charge in [-0.1, -0.05) is 57.5 Å². The maximum Gasteiger partial charge on any atom is 0.281 e. The highest BCUT2D eigenvalue weighted by atomic mass is 32.2. The Morgan fingerprint density at radius 1 is 1.13 bits per heavy atom. The van der Waals surface area contributed by atoms with Crippen molar-refractivity contribution in [2.24, 2.45) is 5.92 Å². The Morgan fingerprint density at radius 2 is 1.84 bits per heavy atom. The number of nitrogen functional groups attached to an aromatic ring is 1. The van der Waals surface area contributed by atoms with Crippen molar-refractivity contribution < 1.29 is 13.2 Å². The number of aryl methyl sites for hydroxylation is 1. The van der Waals surface area contributed by atoms with E-state index < -0.39 is 15.9 Å². The predicted octanol–water partition coefficient (Wildman–Crippen LogP) is 5.08. The van der Waals surface area contributed by atoms with E-state index in [4.69, 9.17) is 10.7 Å². The number of amides is 1. The van der Waals surface area contributed by atoms with Gasteiger partial charge in [0.15, 0.2) is 5.03 Å². The average molecular weight is 536 g/mol. The SMILES string of the molecule is Cc1cc(-c2cnc(N3CC(C)CC3(C)C)c(C(=O)NS(=O)(=O)c3cccc(N)n3)c2)cc(C(C)(C)C)c1. The quantitative estimate of drug-likeness (QED) is 0.468. The van der Waals surface area contributed by atoms with Gasteiger partial charge in [0, 0.05) is 23.8 Å². The highest BCUT2D eigenvalue weighted by Gasteiger charge is 2.39. The second-order valence-corrected chi connectivity index (χ2v) is 13.6. The zero-order valence-corrected chi connectivity index (χ0v) is 24.0. The number of nitrogens with zero attached hydrogens (tertiary/aromatic N) is 3. The van der Waals surface area contributed by atoms with E-state index in [0.717, 1.165) is 28.7 Å². The fraction of sp³-hybridized carbons (Fsp3) is 0.414. The molecule has 1 fully saturated rings. The Hall–Kier alpha value is -3.46. The van der Waals surface area contributed by atoms with Crippen molar-refractivity contribution in [1.29, 1.82) is 0 Å². The normalized spacial score (nSPS) is 17.4. The van der Waals surface area contributed by atoms with Crippen molar-refractivity contribution >= 4 is 27.6 Å². The minimum Gasteiger partial charge on any atom is -0.384 e. The van der Waals surface area contributed by atoms with Gasteiger partial charge in [0.1, 0.15) is 11.6 Å². The van der Waals surface area contributed by atoms with Crippen molar-refractivity contribution in [3.8, 4) is 11.1 Å². The molecule has 1 aromatic carbocycles. The van der Waals surface area contributed by atoms with E-state index in [0.29, 0.717) is 18.3 Å². The minimum atomic E-state index is -4.26. The molecule has 1 aliphatic heterocycles. The van der Waals surface area contributed by atoms with Crippen LogP contribution in [0, 0.1) is 12.8 Å². The second kappa shape index (κ2) is 9.69. The molecule has 9 heteroatoms. The first-order valence-electron chi connectivity index (χ1n) is 12.8. The molecule has 1 atom stereocenters. The molecule has 3 aromatic rings. The first kappa shape index (κ1) is 27.6. The summed E-state index contributed by atoms with van der Waals surface area (Å²) in [5, 5.41) is -0.319. The van der Waals surface area contributed by atoms with E-state index in [1.165, 1.54) is 18.2 Å². The molecular formula is C29H37N5O3S. The summed E-state index contributed by atoms with van der Waals surface area (Å²) in [6.07, 6.45) is 2.69. The number of carbonyl (C=O) groups is 1. The number of nitrogens with one attached hydrogen (secondary N) is 1. The molecule has 1 saturated heterocycles. The average Bonchev–Trinajstić information content (AvgIpc) is 3.09. The topological polar surface area (TPSA) is 118 Å². The van der Waals surface area contributed by atoms with Crippen LogP contribution in [0.1, 0.15) is 69.4 Å². The van der Waals surface area contributed by atoms with Crippen LogP contribution in [0.5, 0.6) is 0 Å². The Balaban J connectivity index is 1.83. The van der Waals surface area contributed by atoms with Crippen LogP contribution in [-0.2, 0) is 15.4 Å². The molecule has 2 aromatic heterocycles. The second-order valence-electron chi connectivity index (χ2n) is 12.0. The molecule has 0 saturated carbocycles. The highest BCUT2D eigenvalue weighted by Crippen LogP contribution is 2.38. The Bertz CT molecular complexity index is 1490. The molecule has 1 aliphatic rings. The minimum absolute atomic E-state index is 0.0478. The molecule has 202 valence electrons. The third kappa shape index (κ3) is 5.67. The van der Waals surface area contributed by atoms with Crippen LogP contribution in [0.3, 0.4) is 0 Å². The standard InChI is InChI=1S/C29H37N5O3S/c1-18-11-20(13-22(12-18)28(3,4)5)21-14-23(26(31-16-21)34-17-19(2)15-29(34,6)7)27(35)33-38(36,37)25-10-8-9-24(30)32-25/h8-14,16,19H,15,17H2,1-7H3,(H2,30,32)(H,33,35). The predicted molar refractivity (Wildman–Crippen MR) is 152 cm³/mol. The fourth-order valence-electron chi connectivity index (χ4n) is 5.15. The molecule has 0 radical (unpaired) electrons. The molecule has 4 rings (SSSR count). The highest BCUT2D eigenvalue weighted by molar-refractivity contribution is 7.90. The van der Waals surface area contributed by atoms with Gasteiger partial charge in [0.25, 0.3) is 15.9 Å².